The first-order valence-electron chi connectivity index (χ1n) is 12.5. The first-order chi connectivity index (χ1) is 19.3. The summed E-state index contributed by atoms with van der Waals surface area (Å²) in [6.07, 6.45) is 1.47. The van der Waals surface area contributed by atoms with E-state index in [1.807, 2.05) is 30.3 Å². The third kappa shape index (κ3) is 6.67. The van der Waals surface area contributed by atoms with Crippen molar-refractivity contribution in [2.45, 2.75) is 39.5 Å². The topological polar surface area (TPSA) is 159 Å². The summed E-state index contributed by atoms with van der Waals surface area (Å²) in [5, 5.41) is 22.1. The summed E-state index contributed by atoms with van der Waals surface area (Å²) in [7, 11) is 0. The van der Waals surface area contributed by atoms with E-state index in [1.165, 1.54) is 23.1 Å². The van der Waals surface area contributed by atoms with Crippen molar-refractivity contribution in [3.63, 3.8) is 0 Å². The summed E-state index contributed by atoms with van der Waals surface area (Å²) in [5.41, 5.74) is 2.00. The average molecular weight is 549 g/mol. The van der Waals surface area contributed by atoms with Crippen molar-refractivity contribution in [1.82, 2.24) is 25.2 Å². The van der Waals surface area contributed by atoms with E-state index in [-0.39, 0.29) is 43.1 Å². The summed E-state index contributed by atoms with van der Waals surface area (Å²) in [6, 6.07) is 13.8. The van der Waals surface area contributed by atoms with Crippen molar-refractivity contribution in [2.24, 2.45) is 0 Å². The minimum Gasteiger partial charge on any atom is -0.463 e. The smallest absolute Gasteiger partial charge is 0.338 e. The van der Waals surface area contributed by atoms with Crippen LogP contribution in [0.25, 0.3) is 0 Å². The largest absolute Gasteiger partial charge is 0.463 e. The molecule has 0 fully saturated rings. The standard InChI is InChI=1S/C27H28N6O7/c1-3-39-26(35)24-18(2)28-27(36)32(25(24)20-10-7-11-22(14-20)33(37)38)13-12-23(34)40-17-21-16-31(30-29-21)15-19-8-5-4-6-9-19/h4-11,14,16,25H,3,12-13,15,17H2,1-2H3,(H,28,36). The zero-order valence-electron chi connectivity index (χ0n) is 22.0. The summed E-state index contributed by atoms with van der Waals surface area (Å²) >= 11 is 0. The van der Waals surface area contributed by atoms with Crippen molar-refractivity contribution >= 4 is 23.7 Å². The molecule has 1 atom stereocenters. The Bertz CT molecular complexity index is 1440. The van der Waals surface area contributed by atoms with Crippen LogP contribution < -0.4 is 5.32 Å². The first-order valence-corrected chi connectivity index (χ1v) is 12.5. The molecule has 0 bridgehead atoms. The van der Waals surface area contributed by atoms with Gasteiger partial charge >= 0.3 is 18.0 Å². The molecule has 2 amide bonds. The monoisotopic (exact) mass is 548 g/mol. The molecule has 2 heterocycles. The highest BCUT2D eigenvalue weighted by Gasteiger charge is 2.39. The number of hydrogen-bond acceptors (Lipinski definition) is 9. The van der Waals surface area contributed by atoms with Gasteiger partial charge in [-0.1, -0.05) is 47.7 Å². The number of hydrogen-bond donors (Lipinski definition) is 1. The maximum Gasteiger partial charge on any atom is 0.338 e. The molecule has 1 aliphatic rings. The minimum absolute atomic E-state index is 0.0908. The summed E-state index contributed by atoms with van der Waals surface area (Å²) in [5.74, 6) is -1.28. The van der Waals surface area contributed by atoms with Crippen LogP contribution in [0.3, 0.4) is 0 Å². The highest BCUT2D eigenvalue weighted by molar-refractivity contribution is 5.95. The Balaban J connectivity index is 1.46. The first kappa shape index (κ1) is 28.0. The number of amides is 2. The molecule has 40 heavy (non-hydrogen) atoms. The van der Waals surface area contributed by atoms with E-state index in [4.69, 9.17) is 9.47 Å². The number of esters is 2. The lowest BCUT2D eigenvalue weighted by Gasteiger charge is -2.37. The van der Waals surface area contributed by atoms with Crippen LogP contribution in [0.2, 0.25) is 0 Å². The third-order valence-corrected chi connectivity index (χ3v) is 6.15. The number of carbonyl (C=O) groups excluding carboxylic acids is 3. The number of rotatable bonds is 11. The van der Waals surface area contributed by atoms with Crippen LogP contribution in [0.5, 0.6) is 0 Å². The van der Waals surface area contributed by atoms with Crippen LogP contribution in [-0.4, -0.2) is 55.9 Å². The molecule has 13 nitrogen and oxygen atoms in total. The van der Waals surface area contributed by atoms with Crippen molar-refractivity contribution in [2.75, 3.05) is 13.2 Å². The summed E-state index contributed by atoms with van der Waals surface area (Å²) in [6.45, 7) is 3.56. The van der Waals surface area contributed by atoms with Crippen molar-refractivity contribution in [1.29, 1.82) is 0 Å². The van der Waals surface area contributed by atoms with Gasteiger partial charge in [-0.05, 0) is 25.0 Å². The lowest BCUT2D eigenvalue weighted by molar-refractivity contribution is -0.384. The van der Waals surface area contributed by atoms with E-state index in [9.17, 15) is 24.5 Å². The molecule has 0 saturated carbocycles. The van der Waals surface area contributed by atoms with E-state index in [2.05, 4.69) is 15.6 Å². The molecule has 3 aromatic rings. The number of allylic oxidation sites excluding steroid dienone is 1. The third-order valence-electron chi connectivity index (χ3n) is 6.15. The van der Waals surface area contributed by atoms with E-state index in [0.29, 0.717) is 17.8 Å². The normalized spacial score (nSPS) is 15.0. The van der Waals surface area contributed by atoms with Gasteiger partial charge in [0, 0.05) is 24.4 Å². The van der Waals surface area contributed by atoms with Crippen LogP contribution in [0.4, 0.5) is 10.5 Å². The lowest BCUT2D eigenvalue weighted by Crippen LogP contribution is -2.49. The summed E-state index contributed by atoms with van der Waals surface area (Å²) in [4.78, 5) is 50.6. The van der Waals surface area contributed by atoms with Gasteiger partial charge in [0.2, 0.25) is 0 Å². The molecule has 1 unspecified atom stereocenters. The van der Waals surface area contributed by atoms with Gasteiger partial charge in [0.15, 0.2) is 0 Å². The maximum absolute atomic E-state index is 13.0. The summed E-state index contributed by atoms with van der Waals surface area (Å²) < 4.78 is 12.2. The zero-order valence-corrected chi connectivity index (χ0v) is 22.0. The molecule has 1 aliphatic heterocycles. The number of non-ortho nitro benzene ring substituents is 1. The van der Waals surface area contributed by atoms with Crippen molar-refractivity contribution < 1.29 is 28.8 Å². The Morgan fingerprint density at radius 2 is 1.90 bits per heavy atom. The fourth-order valence-corrected chi connectivity index (χ4v) is 4.33. The fraction of sp³-hybridized carbons (Fsp3) is 0.296. The molecule has 4 rings (SSSR count). The van der Waals surface area contributed by atoms with Crippen LogP contribution in [-0.2, 0) is 32.2 Å². The lowest BCUT2D eigenvalue weighted by atomic mass is 9.93. The predicted octanol–water partition coefficient (Wildman–Crippen LogP) is 3.27. The molecule has 13 heteroatoms. The van der Waals surface area contributed by atoms with Gasteiger partial charge in [0.1, 0.15) is 12.3 Å². The van der Waals surface area contributed by atoms with Gasteiger partial charge in [-0.3, -0.25) is 14.9 Å². The van der Waals surface area contributed by atoms with Gasteiger partial charge in [0.05, 0.1) is 42.3 Å². The molecular formula is C27H28N6O7. The second-order valence-corrected chi connectivity index (χ2v) is 8.94. The number of nitrogens with one attached hydrogen (secondary N) is 1. The second kappa shape index (κ2) is 12.7. The number of urea groups is 1. The van der Waals surface area contributed by atoms with Crippen LogP contribution in [0.15, 0.2) is 72.1 Å². The Labute approximate surface area is 229 Å². The van der Waals surface area contributed by atoms with E-state index in [1.54, 1.807) is 30.8 Å². The fourth-order valence-electron chi connectivity index (χ4n) is 4.33. The van der Waals surface area contributed by atoms with E-state index < -0.39 is 28.9 Å². The molecule has 0 radical (unpaired) electrons. The van der Waals surface area contributed by atoms with Gasteiger partial charge < -0.3 is 19.7 Å². The molecule has 0 aliphatic carbocycles. The van der Waals surface area contributed by atoms with Gasteiger partial charge in [-0.25, -0.2) is 14.3 Å². The van der Waals surface area contributed by atoms with Gasteiger partial charge in [-0.2, -0.15) is 0 Å². The number of benzene rings is 2. The number of nitro groups is 1. The van der Waals surface area contributed by atoms with Crippen LogP contribution in [0.1, 0.15) is 43.1 Å². The van der Waals surface area contributed by atoms with Crippen molar-refractivity contribution in [3.05, 3.63) is 99.0 Å². The van der Waals surface area contributed by atoms with Crippen LogP contribution in [0, 0.1) is 10.1 Å². The van der Waals surface area contributed by atoms with Crippen molar-refractivity contribution in [3.8, 4) is 0 Å². The number of nitrogens with zero attached hydrogens (tertiary/aromatic N) is 5. The second-order valence-electron chi connectivity index (χ2n) is 8.94. The Morgan fingerprint density at radius 1 is 1.12 bits per heavy atom. The molecule has 208 valence electrons. The number of aromatic nitrogens is 3. The SMILES string of the molecule is CCOC(=O)C1=C(C)NC(=O)N(CCC(=O)OCc2cn(Cc3ccccc3)nn2)C1c1cccc([N+](=O)[O-])c1. The Hall–Kier alpha value is -5.07. The number of nitro benzene ring substituents is 1. The molecule has 2 aromatic carbocycles. The minimum atomic E-state index is -1.02. The zero-order chi connectivity index (χ0) is 28.6. The molecule has 1 N–H and O–H groups in total. The highest BCUT2D eigenvalue weighted by atomic mass is 16.6. The number of carbonyl (C=O) groups is 3. The molecule has 1 aromatic heterocycles. The van der Waals surface area contributed by atoms with Gasteiger partial charge in [-0.15, -0.1) is 5.10 Å². The molecule has 0 saturated heterocycles. The quantitative estimate of drug-likeness (QED) is 0.216. The average Bonchev–Trinajstić information content (AvgIpc) is 3.38. The predicted molar refractivity (Wildman–Crippen MR) is 140 cm³/mol. The number of ether oxygens (including phenoxy) is 2. The van der Waals surface area contributed by atoms with E-state index >= 15 is 0 Å². The Morgan fingerprint density at radius 3 is 2.62 bits per heavy atom. The molecular weight excluding hydrogens is 520 g/mol. The van der Waals surface area contributed by atoms with Gasteiger partial charge in [0.25, 0.3) is 5.69 Å². The highest BCUT2D eigenvalue weighted by Crippen LogP contribution is 2.35. The molecule has 0 spiro atoms. The van der Waals surface area contributed by atoms with E-state index in [0.717, 1.165) is 5.56 Å². The Kier molecular flexibility index (Phi) is 8.84. The van der Waals surface area contributed by atoms with Crippen LogP contribution >= 0.6 is 0 Å². The maximum atomic E-state index is 13.0.